The second kappa shape index (κ2) is 8.81. The van der Waals surface area contributed by atoms with Crippen LogP contribution < -0.4 is 4.52 Å². The summed E-state index contributed by atoms with van der Waals surface area (Å²) >= 11 is 0. The van der Waals surface area contributed by atoms with Crippen LogP contribution in [0.15, 0.2) is 91.0 Å². The minimum atomic E-state index is -4.15. The highest BCUT2D eigenvalue weighted by molar-refractivity contribution is 7.47. The van der Waals surface area contributed by atoms with Gasteiger partial charge in [-0.2, -0.15) is 0 Å². The van der Waals surface area contributed by atoms with E-state index < -0.39 is 7.82 Å². The van der Waals surface area contributed by atoms with Crippen LogP contribution in [-0.2, 0) is 9.09 Å². The summed E-state index contributed by atoms with van der Waals surface area (Å²) in [6.45, 7) is 0.106. The first kappa shape index (κ1) is 18.4. The summed E-state index contributed by atoms with van der Waals surface area (Å²) in [6, 6.07) is 28.6. The predicted molar refractivity (Wildman–Crippen MR) is 102 cm³/mol. The van der Waals surface area contributed by atoms with Crippen molar-refractivity contribution in [3.63, 3.8) is 0 Å². The molecule has 1 atom stereocenters. The van der Waals surface area contributed by atoms with Crippen LogP contribution in [0.25, 0.3) is 0 Å². The summed E-state index contributed by atoms with van der Waals surface area (Å²) in [5.41, 5.74) is 2.28. The third-order valence-corrected chi connectivity index (χ3v) is 4.98. The van der Waals surface area contributed by atoms with Crippen molar-refractivity contribution < 1.29 is 18.5 Å². The molecule has 0 bridgehead atoms. The van der Waals surface area contributed by atoms with Gasteiger partial charge >= 0.3 is 7.82 Å². The van der Waals surface area contributed by atoms with Crippen LogP contribution in [0.4, 0.5) is 0 Å². The van der Waals surface area contributed by atoms with Gasteiger partial charge in [-0.15, -0.1) is 0 Å². The molecular formula is C21H21O4P. The summed E-state index contributed by atoms with van der Waals surface area (Å²) in [6.07, 6.45) is 0.566. The molecule has 0 aliphatic carbocycles. The van der Waals surface area contributed by atoms with Gasteiger partial charge in [-0.3, -0.25) is 9.42 Å². The molecule has 0 radical (unpaired) electrons. The molecule has 0 aliphatic heterocycles. The van der Waals surface area contributed by atoms with Crippen LogP contribution in [0, 0.1) is 0 Å². The van der Waals surface area contributed by atoms with E-state index in [1.165, 1.54) is 0 Å². The standard InChI is InChI=1S/C21H21O4P/c22-26(23,25-20-14-8-3-9-15-20)24-17-16-21(18-10-4-1-5-11-18)19-12-6-2-7-13-19/h1-15,21H,16-17H2,(H,22,23). The Balaban J connectivity index is 1.66. The van der Waals surface area contributed by atoms with E-state index in [9.17, 15) is 9.46 Å². The van der Waals surface area contributed by atoms with Crippen LogP contribution >= 0.6 is 7.82 Å². The number of hydrogen-bond acceptors (Lipinski definition) is 3. The van der Waals surface area contributed by atoms with Gasteiger partial charge in [0.05, 0.1) is 6.61 Å². The first-order valence-electron chi connectivity index (χ1n) is 8.46. The van der Waals surface area contributed by atoms with Crippen LogP contribution in [0.3, 0.4) is 0 Å². The monoisotopic (exact) mass is 368 g/mol. The van der Waals surface area contributed by atoms with Crippen molar-refractivity contribution in [1.29, 1.82) is 0 Å². The number of rotatable bonds is 8. The lowest BCUT2D eigenvalue weighted by atomic mass is 9.89. The molecule has 0 heterocycles. The molecule has 134 valence electrons. The lowest BCUT2D eigenvalue weighted by molar-refractivity contribution is 0.199. The molecule has 0 aliphatic rings. The Morgan fingerprint density at radius 1 is 0.769 bits per heavy atom. The van der Waals surface area contributed by atoms with E-state index in [1.807, 2.05) is 36.4 Å². The number of phosphoric ester groups is 1. The highest BCUT2D eigenvalue weighted by Gasteiger charge is 2.24. The molecule has 1 unspecified atom stereocenters. The van der Waals surface area contributed by atoms with Gasteiger partial charge in [0.15, 0.2) is 0 Å². The minimum Gasteiger partial charge on any atom is -0.404 e. The van der Waals surface area contributed by atoms with Crippen LogP contribution in [0.2, 0.25) is 0 Å². The largest absolute Gasteiger partial charge is 0.527 e. The molecule has 4 nitrogen and oxygen atoms in total. The summed E-state index contributed by atoms with van der Waals surface area (Å²) in [5, 5.41) is 0. The normalized spacial score (nSPS) is 13.3. The molecule has 0 fully saturated rings. The Morgan fingerprint density at radius 3 is 1.73 bits per heavy atom. The highest BCUT2D eigenvalue weighted by Crippen LogP contribution is 2.44. The molecule has 3 aromatic carbocycles. The van der Waals surface area contributed by atoms with Gasteiger partial charge in [-0.25, -0.2) is 4.57 Å². The van der Waals surface area contributed by atoms with E-state index in [2.05, 4.69) is 24.3 Å². The summed E-state index contributed by atoms with van der Waals surface area (Å²) in [7, 11) is -4.15. The molecule has 26 heavy (non-hydrogen) atoms. The van der Waals surface area contributed by atoms with Crippen molar-refractivity contribution in [2.45, 2.75) is 12.3 Å². The van der Waals surface area contributed by atoms with Crippen molar-refractivity contribution in [3.8, 4) is 5.75 Å². The van der Waals surface area contributed by atoms with E-state index in [4.69, 9.17) is 9.05 Å². The van der Waals surface area contributed by atoms with E-state index in [-0.39, 0.29) is 12.5 Å². The maximum atomic E-state index is 12.1. The topological polar surface area (TPSA) is 55.8 Å². The van der Waals surface area contributed by atoms with Gasteiger partial charge in [-0.05, 0) is 29.7 Å². The lowest BCUT2D eigenvalue weighted by Gasteiger charge is -2.19. The molecule has 0 spiro atoms. The van der Waals surface area contributed by atoms with Crippen LogP contribution in [0.1, 0.15) is 23.5 Å². The molecule has 3 aromatic rings. The van der Waals surface area contributed by atoms with Gasteiger partial charge in [0, 0.05) is 5.92 Å². The smallest absolute Gasteiger partial charge is 0.404 e. The molecule has 3 rings (SSSR count). The Hall–Kier alpha value is -2.39. The van der Waals surface area contributed by atoms with Crippen molar-refractivity contribution in [2.24, 2.45) is 0 Å². The zero-order chi connectivity index (χ0) is 18.2. The number of benzene rings is 3. The van der Waals surface area contributed by atoms with Crippen molar-refractivity contribution in [3.05, 3.63) is 102 Å². The maximum absolute atomic E-state index is 12.1. The fourth-order valence-corrected chi connectivity index (χ4v) is 3.60. The zero-order valence-electron chi connectivity index (χ0n) is 14.3. The van der Waals surface area contributed by atoms with E-state index in [0.29, 0.717) is 12.2 Å². The quantitative estimate of drug-likeness (QED) is 0.541. The molecule has 0 saturated carbocycles. The maximum Gasteiger partial charge on any atom is 0.527 e. The fourth-order valence-electron chi connectivity index (χ4n) is 2.82. The molecule has 0 saturated heterocycles. The summed E-state index contributed by atoms with van der Waals surface area (Å²) in [5.74, 6) is 0.384. The molecule has 0 aromatic heterocycles. The van der Waals surface area contributed by atoms with Gasteiger partial charge in [0.1, 0.15) is 5.75 Å². The van der Waals surface area contributed by atoms with Gasteiger partial charge < -0.3 is 4.52 Å². The van der Waals surface area contributed by atoms with Crippen LogP contribution in [0.5, 0.6) is 5.75 Å². The second-order valence-electron chi connectivity index (χ2n) is 5.87. The summed E-state index contributed by atoms with van der Waals surface area (Å²) in [4.78, 5) is 9.93. The van der Waals surface area contributed by atoms with Crippen molar-refractivity contribution >= 4 is 7.82 Å². The third kappa shape index (κ3) is 5.30. The molecule has 1 N–H and O–H groups in total. The predicted octanol–water partition coefficient (Wildman–Crippen LogP) is 5.40. The van der Waals surface area contributed by atoms with Crippen molar-refractivity contribution in [1.82, 2.24) is 0 Å². The van der Waals surface area contributed by atoms with Gasteiger partial charge in [0.25, 0.3) is 0 Å². The zero-order valence-corrected chi connectivity index (χ0v) is 15.2. The number of hydrogen-bond donors (Lipinski definition) is 1. The Kier molecular flexibility index (Phi) is 6.24. The fraction of sp³-hybridized carbons (Fsp3) is 0.143. The Morgan fingerprint density at radius 2 is 1.23 bits per heavy atom. The minimum absolute atomic E-state index is 0.0779. The number of phosphoric acid groups is 1. The van der Waals surface area contributed by atoms with E-state index in [0.717, 1.165) is 11.1 Å². The SMILES string of the molecule is O=P(O)(OCCC(c1ccccc1)c1ccccc1)Oc1ccccc1. The number of para-hydroxylation sites is 1. The Bertz CT molecular complexity index is 798. The molecule has 5 heteroatoms. The van der Waals surface area contributed by atoms with E-state index in [1.54, 1.807) is 30.3 Å². The van der Waals surface area contributed by atoms with Crippen LogP contribution in [-0.4, -0.2) is 11.5 Å². The average molecular weight is 368 g/mol. The summed E-state index contributed by atoms with van der Waals surface area (Å²) < 4.78 is 22.4. The van der Waals surface area contributed by atoms with E-state index >= 15 is 0 Å². The highest BCUT2D eigenvalue weighted by atomic mass is 31.2. The average Bonchev–Trinajstić information content (AvgIpc) is 2.67. The lowest BCUT2D eigenvalue weighted by Crippen LogP contribution is -2.06. The second-order valence-corrected chi connectivity index (χ2v) is 7.25. The Labute approximate surface area is 153 Å². The third-order valence-electron chi connectivity index (χ3n) is 4.03. The first-order chi connectivity index (χ1) is 12.6. The van der Waals surface area contributed by atoms with Gasteiger partial charge in [-0.1, -0.05) is 78.9 Å². The van der Waals surface area contributed by atoms with Gasteiger partial charge in [0.2, 0.25) is 0 Å². The van der Waals surface area contributed by atoms with Crippen molar-refractivity contribution in [2.75, 3.05) is 6.61 Å². The molecule has 0 amide bonds. The molecular weight excluding hydrogens is 347 g/mol. The first-order valence-corrected chi connectivity index (χ1v) is 9.95.